The molecule has 0 saturated carbocycles. The predicted octanol–water partition coefficient (Wildman–Crippen LogP) is 3.33. The summed E-state index contributed by atoms with van der Waals surface area (Å²) in [5, 5.41) is 2.49. The summed E-state index contributed by atoms with van der Waals surface area (Å²) in [6.45, 7) is 2.53. The molecule has 0 spiro atoms. The first-order chi connectivity index (χ1) is 7.81. The maximum atomic E-state index is 5.96. The molecule has 5 heteroatoms. The van der Waals surface area contributed by atoms with Crippen LogP contribution in [0.3, 0.4) is 0 Å². The number of hydrogen-bond donors (Lipinski definition) is 0. The average Bonchev–Trinajstić information content (AvgIpc) is 2.79. The predicted molar refractivity (Wildman–Crippen MR) is 65.1 cm³/mol. The van der Waals surface area contributed by atoms with Gasteiger partial charge in [-0.3, -0.25) is 0 Å². The zero-order valence-corrected chi connectivity index (χ0v) is 10.4. The van der Waals surface area contributed by atoms with Crippen molar-refractivity contribution in [1.82, 2.24) is 9.97 Å². The van der Waals surface area contributed by atoms with Gasteiger partial charge in [0.2, 0.25) is 5.88 Å². The van der Waals surface area contributed by atoms with Crippen LogP contribution >= 0.6 is 22.9 Å². The summed E-state index contributed by atoms with van der Waals surface area (Å²) in [4.78, 5) is 9.19. The first-order valence-electron chi connectivity index (χ1n) is 4.95. The first-order valence-corrected chi connectivity index (χ1v) is 6.21. The fourth-order valence-electron chi connectivity index (χ4n) is 1.33. The van der Waals surface area contributed by atoms with E-state index in [2.05, 4.69) is 9.97 Å². The van der Waals surface area contributed by atoms with Crippen molar-refractivity contribution in [3.63, 3.8) is 0 Å². The Kier molecular flexibility index (Phi) is 3.74. The number of rotatable bonds is 4. The van der Waals surface area contributed by atoms with Gasteiger partial charge in [-0.05, 0) is 17.9 Å². The molecule has 0 N–H and O–H groups in total. The number of ether oxygens (including phenoxy) is 1. The van der Waals surface area contributed by atoms with Gasteiger partial charge in [0.15, 0.2) is 0 Å². The number of halogens is 1. The molecule has 2 aromatic heterocycles. The third-order valence-corrected chi connectivity index (χ3v) is 3.31. The van der Waals surface area contributed by atoms with Gasteiger partial charge in [-0.1, -0.05) is 24.6 Å². The van der Waals surface area contributed by atoms with E-state index in [-0.39, 0.29) is 0 Å². The van der Waals surface area contributed by atoms with E-state index in [1.54, 1.807) is 11.3 Å². The number of thiophene rings is 1. The van der Waals surface area contributed by atoms with E-state index < -0.39 is 0 Å². The van der Waals surface area contributed by atoms with Crippen LogP contribution in [0.4, 0.5) is 0 Å². The molecule has 0 aromatic carbocycles. The second-order valence-electron chi connectivity index (χ2n) is 3.17. The summed E-state index contributed by atoms with van der Waals surface area (Å²) in [5.74, 6) is 0.580. The second-order valence-corrected chi connectivity index (χ2v) is 4.56. The van der Waals surface area contributed by atoms with E-state index in [0.29, 0.717) is 17.6 Å². The lowest BCUT2D eigenvalue weighted by molar-refractivity contribution is 0.293. The smallest absolute Gasteiger partial charge is 0.221 e. The monoisotopic (exact) mass is 254 g/mol. The van der Waals surface area contributed by atoms with Crippen LogP contribution in [0.15, 0.2) is 23.8 Å². The van der Waals surface area contributed by atoms with Gasteiger partial charge < -0.3 is 4.74 Å². The fraction of sp³-hybridized carbons (Fsp3) is 0.273. The molecule has 16 heavy (non-hydrogen) atoms. The Bertz CT molecular complexity index is 459. The summed E-state index contributed by atoms with van der Waals surface area (Å²) in [6, 6.07) is 4.02. The van der Waals surface area contributed by atoms with Crippen molar-refractivity contribution in [2.45, 2.75) is 20.0 Å². The van der Waals surface area contributed by atoms with Gasteiger partial charge in [-0.25, -0.2) is 9.97 Å². The molecule has 0 fully saturated rings. The van der Waals surface area contributed by atoms with E-state index in [0.717, 1.165) is 16.9 Å². The molecule has 0 saturated heterocycles. The van der Waals surface area contributed by atoms with Gasteiger partial charge in [-0.15, -0.1) is 11.3 Å². The van der Waals surface area contributed by atoms with Crippen molar-refractivity contribution >= 4 is 22.9 Å². The number of aromatic nitrogens is 2. The highest BCUT2D eigenvalue weighted by atomic mass is 35.5. The standard InChI is InChI=1S/C11H11ClN2OS/c1-2-9-10(12)13-7-14-11(9)15-6-8-4-3-5-16-8/h3-5,7H,2,6H2,1H3. The molecule has 0 bridgehead atoms. The molecule has 0 aliphatic heterocycles. The normalized spacial score (nSPS) is 10.4. The van der Waals surface area contributed by atoms with Crippen LogP contribution in [0.1, 0.15) is 17.4 Å². The lowest BCUT2D eigenvalue weighted by Crippen LogP contribution is -2.00. The van der Waals surface area contributed by atoms with E-state index in [1.807, 2.05) is 24.4 Å². The van der Waals surface area contributed by atoms with Crippen LogP contribution in [0.5, 0.6) is 5.88 Å². The van der Waals surface area contributed by atoms with Gasteiger partial charge in [0.25, 0.3) is 0 Å². The minimum Gasteiger partial charge on any atom is -0.472 e. The zero-order valence-electron chi connectivity index (χ0n) is 8.81. The number of nitrogens with zero attached hydrogens (tertiary/aromatic N) is 2. The molecule has 2 rings (SSSR count). The number of hydrogen-bond acceptors (Lipinski definition) is 4. The quantitative estimate of drug-likeness (QED) is 0.785. The molecular weight excluding hydrogens is 244 g/mol. The van der Waals surface area contributed by atoms with Crippen LogP contribution in [0.25, 0.3) is 0 Å². The molecule has 2 heterocycles. The van der Waals surface area contributed by atoms with Crippen LogP contribution in [-0.2, 0) is 13.0 Å². The molecular formula is C11H11ClN2OS. The molecule has 0 radical (unpaired) electrons. The van der Waals surface area contributed by atoms with Crippen molar-refractivity contribution in [3.05, 3.63) is 39.4 Å². The van der Waals surface area contributed by atoms with Gasteiger partial charge in [0, 0.05) is 4.88 Å². The molecule has 0 aliphatic carbocycles. The molecule has 2 aromatic rings. The third-order valence-electron chi connectivity index (χ3n) is 2.14. The van der Waals surface area contributed by atoms with E-state index >= 15 is 0 Å². The average molecular weight is 255 g/mol. The summed E-state index contributed by atoms with van der Waals surface area (Å²) < 4.78 is 5.63. The Balaban J connectivity index is 2.12. The van der Waals surface area contributed by atoms with E-state index in [4.69, 9.17) is 16.3 Å². The largest absolute Gasteiger partial charge is 0.472 e. The van der Waals surface area contributed by atoms with E-state index in [9.17, 15) is 0 Å². The maximum absolute atomic E-state index is 5.96. The minimum absolute atomic E-state index is 0.471. The highest BCUT2D eigenvalue weighted by Gasteiger charge is 2.09. The second kappa shape index (κ2) is 5.27. The molecule has 0 aliphatic rings. The SMILES string of the molecule is CCc1c(Cl)ncnc1OCc1cccs1. The van der Waals surface area contributed by atoms with Gasteiger partial charge in [-0.2, -0.15) is 0 Å². The Morgan fingerprint density at radius 3 is 3.00 bits per heavy atom. The van der Waals surface area contributed by atoms with Gasteiger partial charge >= 0.3 is 0 Å². The Morgan fingerprint density at radius 2 is 2.31 bits per heavy atom. The maximum Gasteiger partial charge on any atom is 0.221 e. The van der Waals surface area contributed by atoms with Crippen molar-refractivity contribution in [2.75, 3.05) is 0 Å². The first kappa shape index (κ1) is 11.4. The molecule has 84 valence electrons. The van der Waals surface area contributed by atoms with Crippen LogP contribution in [-0.4, -0.2) is 9.97 Å². The summed E-state index contributed by atoms with van der Waals surface area (Å²) >= 11 is 7.62. The third kappa shape index (κ3) is 2.51. The highest BCUT2D eigenvalue weighted by molar-refractivity contribution is 7.09. The minimum atomic E-state index is 0.471. The Morgan fingerprint density at radius 1 is 1.44 bits per heavy atom. The Labute approximate surface area is 103 Å². The topological polar surface area (TPSA) is 35.0 Å². The van der Waals surface area contributed by atoms with Crippen molar-refractivity contribution in [3.8, 4) is 5.88 Å². The summed E-state index contributed by atoms with van der Waals surface area (Å²) in [7, 11) is 0. The zero-order chi connectivity index (χ0) is 11.4. The molecule has 0 amide bonds. The Hall–Kier alpha value is -1.13. The fourth-order valence-corrected chi connectivity index (χ4v) is 2.21. The van der Waals surface area contributed by atoms with Crippen molar-refractivity contribution in [1.29, 1.82) is 0 Å². The lowest BCUT2D eigenvalue weighted by atomic mass is 10.2. The van der Waals surface area contributed by atoms with E-state index in [1.165, 1.54) is 6.33 Å². The summed E-state index contributed by atoms with van der Waals surface area (Å²) in [5.41, 5.74) is 0.862. The van der Waals surface area contributed by atoms with Gasteiger partial charge in [0.05, 0.1) is 5.56 Å². The van der Waals surface area contributed by atoms with Gasteiger partial charge in [0.1, 0.15) is 18.1 Å². The molecule has 3 nitrogen and oxygen atoms in total. The summed E-state index contributed by atoms with van der Waals surface area (Å²) in [6.07, 6.45) is 2.19. The molecule has 0 unspecified atom stereocenters. The van der Waals surface area contributed by atoms with Crippen molar-refractivity contribution < 1.29 is 4.74 Å². The molecule has 0 atom stereocenters. The van der Waals surface area contributed by atoms with Crippen LogP contribution in [0, 0.1) is 0 Å². The van der Waals surface area contributed by atoms with Crippen LogP contribution in [0.2, 0.25) is 5.15 Å². The van der Waals surface area contributed by atoms with Crippen LogP contribution < -0.4 is 4.74 Å². The highest BCUT2D eigenvalue weighted by Crippen LogP contribution is 2.23. The van der Waals surface area contributed by atoms with Crippen molar-refractivity contribution in [2.24, 2.45) is 0 Å². The lowest BCUT2D eigenvalue weighted by Gasteiger charge is -2.08.